The van der Waals surface area contributed by atoms with E-state index in [1.54, 1.807) is 13.0 Å². The molecule has 110 valence electrons. The molecule has 20 heavy (non-hydrogen) atoms. The quantitative estimate of drug-likeness (QED) is 0.433. The van der Waals surface area contributed by atoms with Crippen molar-refractivity contribution >= 4 is 5.97 Å². The molecule has 1 heterocycles. The highest BCUT2D eigenvalue weighted by Crippen LogP contribution is 2.13. The van der Waals surface area contributed by atoms with E-state index < -0.39 is 5.97 Å². The number of hydrogen-bond acceptors (Lipinski definition) is 4. The van der Waals surface area contributed by atoms with Crippen LogP contribution in [0, 0.1) is 20.8 Å². The van der Waals surface area contributed by atoms with Gasteiger partial charge in [-0.05, 0) is 33.6 Å². The average Bonchev–Trinajstić information content (AvgIpc) is 2.41. The van der Waals surface area contributed by atoms with Gasteiger partial charge in [-0.1, -0.05) is 32.4 Å². The van der Waals surface area contributed by atoms with Crippen LogP contribution in [0.25, 0.3) is 0 Å². The molecular weight excluding hydrogens is 252 g/mol. The molecule has 1 rings (SSSR count). The highest BCUT2D eigenvalue weighted by atomic mass is 16.5. The number of esters is 1. The van der Waals surface area contributed by atoms with E-state index in [0.717, 1.165) is 37.1 Å². The lowest BCUT2D eigenvalue weighted by Crippen LogP contribution is -2.19. The summed E-state index contributed by atoms with van der Waals surface area (Å²) < 4.78 is 5.45. The molecule has 0 spiro atoms. The molecule has 0 aliphatic rings. The minimum Gasteiger partial charge on any atom is -0.453 e. The highest BCUT2D eigenvalue weighted by molar-refractivity contribution is 5.88. The number of unbranched alkanes of at least 4 members (excludes halogenated alkanes) is 2. The maximum Gasteiger partial charge on any atom is 0.359 e. The zero-order chi connectivity index (χ0) is 15.1. The first kappa shape index (κ1) is 16.3. The van der Waals surface area contributed by atoms with Gasteiger partial charge in [-0.2, -0.15) is 0 Å². The molecule has 1 unspecified atom stereocenters. The van der Waals surface area contributed by atoms with E-state index in [2.05, 4.69) is 23.5 Å². The molecule has 4 nitrogen and oxygen atoms in total. The summed E-state index contributed by atoms with van der Waals surface area (Å²) in [6.45, 7) is 11.4. The van der Waals surface area contributed by atoms with Crippen molar-refractivity contribution in [3.63, 3.8) is 0 Å². The van der Waals surface area contributed by atoms with Gasteiger partial charge >= 0.3 is 5.97 Å². The Hall–Kier alpha value is -1.71. The molecule has 0 saturated carbocycles. The maximum atomic E-state index is 12.2. The first-order valence-electron chi connectivity index (χ1n) is 7.15. The number of hydrogen-bond donors (Lipinski definition) is 0. The number of rotatable bonds is 7. The van der Waals surface area contributed by atoms with Gasteiger partial charge in [0.15, 0.2) is 5.69 Å². The van der Waals surface area contributed by atoms with Crippen LogP contribution in [-0.4, -0.2) is 22.0 Å². The van der Waals surface area contributed by atoms with Crippen LogP contribution in [0.2, 0.25) is 0 Å². The fourth-order valence-electron chi connectivity index (χ4n) is 1.92. The van der Waals surface area contributed by atoms with Gasteiger partial charge in [-0.3, -0.25) is 4.98 Å². The second-order valence-corrected chi connectivity index (χ2v) is 5.00. The van der Waals surface area contributed by atoms with Crippen LogP contribution >= 0.6 is 0 Å². The molecule has 1 aromatic heterocycles. The van der Waals surface area contributed by atoms with Gasteiger partial charge in [0, 0.05) is 0 Å². The summed E-state index contributed by atoms with van der Waals surface area (Å²) >= 11 is 0. The Labute approximate surface area is 121 Å². The Morgan fingerprint density at radius 2 is 1.85 bits per heavy atom. The van der Waals surface area contributed by atoms with Crippen LogP contribution in [0.3, 0.4) is 0 Å². The molecule has 0 aromatic carbocycles. The topological polar surface area (TPSA) is 52.1 Å². The third-order valence-electron chi connectivity index (χ3n) is 3.29. The van der Waals surface area contributed by atoms with Crippen LogP contribution in [-0.2, 0) is 4.74 Å². The minimum absolute atomic E-state index is 0.253. The van der Waals surface area contributed by atoms with Crippen LogP contribution in [0.5, 0.6) is 0 Å². The Bertz CT molecular complexity index is 484. The Kier molecular flexibility index (Phi) is 6.36. The summed E-state index contributed by atoms with van der Waals surface area (Å²) in [6.07, 6.45) is 5.52. The van der Waals surface area contributed by atoms with Crippen molar-refractivity contribution in [2.45, 2.75) is 59.5 Å². The summed E-state index contributed by atoms with van der Waals surface area (Å²) in [5.74, 6) is -0.417. The normalized spacial score (nSPS) is 12.0. The zero-order valence-corrected chi connectivity index (χ0v) is 12.9. The molecule has 0 amide bonds. The standard InChI is InChI=1S/C16H24N2O2/c1-6-8-9-10-14(7-2)20-16(19)15-13(5)17-11(3)12(4)18-15/h7,14H,2,6,8-10H2,1,3-5H3. The molecule has 0 aliphatic heterocycles. The number of carbonyl (C=O) groups excluding carboxylic acids is 1. The van der Waals surface area contributed by atoms with Gasteiger partial charge in [0.25, 0.3) is 0 Å². The van der Waals surface area contributed by atoms with Gasteiger partial charge < -0.3 is 4.74 Å². The lowest BCUT2D eigenvalue weighted by Gasteiger charge is -2.14. The molecular formula is C16H24N2O2. The van der Waals surface area contributed by atoms with Gasteiger partial charge in [0.2, 0.25) is 0 Å². The second-order valence-electron chi connectivity index (χ2n) is 5.00. The van der Waals surface area contributed by atoms with Crippen molar-refractivity contribution in [1.82, 2.24) is 9.97 Å². The molecule has 1 atom stereocenters. The summed E-state index contributed by atoms with van der Waals surface area (Å²) in [5.41, 5.74) is 2.50. The van der Waals surface area contributed by atoms with Gasteiger partial charge in [0.05, 0.1) is 17.1 Å². The number of nitrogens with zero attached hydrogens (tertiary/aromatic N) is 2. The smallest absolute Gasteiger partial charge is 0.359 e. The van der Waals surface area contributed by atoms with Crippen LogP contribution in [0.1, 0.15) is 60.2 Å². The molecule has 4 heteroatoms. The molecule has 0 radical (unpaired) electrons. The minimum atomic E-state index is -0.417. The molecule has 0 fully saturated rings. The van der Waals surface area contributed by atoms with Crippen molar-refractivity contribution in [3.8, 4) is 0 Å². The second kappa shape index (κ2) is 7.78. The fraction of sp³-hybridized carbons (Fsp3) is 0.562. The molecule has 1 aromatic rings. The van der Waals surface area contributed by atoms with Gasteiger partial charge in [0.1, 0.15) is 6.10 Å². The van der Waals surface area contributed by atoms with E-state index in [9.17, 15) is 4.79 Å². The first-order valence-corrected chi connectivity index (χ1v) is 7.15. The number of ether oxygens (including phenoxy) is 1. The monoisotopic (exact) mass is 276 g/mol. The summed E-state index contributed by atoms with van der Waals surface area (Å²) in [4.78, 5) is 20.8. The van der Waals surface area contributed by atoms with Crippen molar-refractivity contribution in [2.24, 2.45) is 0 Å². The molecule has 0 N–H and O–H groups in total. The summed E-state index contributed by atoms with van der Waals surface area (Å²) in [5, 5.41) is 0. The van der Waals surface area contributed by atoms with Crippen LogP contribution < -0.4 is 0 Å². The Morgan fingerprint density at radius 3 is 2.45 bits per heavy atom. The first-order chi connectivity index (χ1) is 9.49. The van der Waals surface area contributed by atoms with Crippen molar-refractivity contribution in [2.75, 3.05) is 0 Å². The van der Waals surface area contributed by atoms with Crippen LogP contribution in [0.15, 0.2) is 12.7 Å². The van der Waals surface area contributed by atoms with Crippen molar-refractivity contribution in [1.29, 1.82) is 0 Å². The van der Waals surface area contributed by atoms with Crippen molar-refractivity contribution < 1.29 is 9.53 Å². The predicted octanol–water partition coefficient (Wildman–Crippen LogP) is 3.69. The summed E-state index contributed by atoms with van der Waals surface area (Å²) in [7, 11) is 0. The number of carbonyl (C=O) groups is 1. The predicted molar refractivity (Wildman–Crippen MR) is 79.8 cm³/mol. The SMILES string of the molecule is C=CC(CCCCC)OC(=O)c1nc(C)c(C)nc1C. The number of aromatic nitrogens is 2. The lowest BCUT2D eigenvalue weighted by molar-refractivity contribution is 0.0368. The fourth-order valence-corrected chi connectivity index (χ4v) is 1.92. The van der Waals surface area contributed by atoms with E-state index in [1.807, 2.05) is 13.8 Å². The van der Waals surface area contributed by atoms with E-state index in [-0.39, 0.29) is 6.10 Å². The molecule has 0 aliphatic carbocycles. The van der Waals surface area contributed by atoms with E-state index in [1.165, 1.54) is 0 Å². The van der Waals surface area contributed by atoms with Crippen molar-refractivity contribution in [3.05, 3.63) is 35.4 Å². The van der Waals surface area contributed by atoms with Crippen LogP contribution in [0.4, 0.5) is 0 Å². The molecule has 0 bridgehead atoms. The summed E-state index contributed by atoms with van der Waals surface area (Å²) in [6, 6.07) is 0. The Balaban J connectivity index is 2.74. The Morgan fingerprint density at radius 1 is 1.20 bits per heavy atom. The third kappa shape index (κ3) is 4.44. The number of aryl methyl sites for hydroxylation is 3. The van der Waals surface area contributed by atoms with E-state index >= 15 is 0 Å². The highest BCUT2D eigenvalue weighted by Gasteiger charge is 2.18. The van der Waals surface area contributed by atoms with Gasteiger partial charge in [-0.25, -0.2) is 9.78 Å². The maximum absolute atomic E-state index is 12.2. The lowest BCUT2D eigenvalue weighted by atomic mass is 10.1. The zero-order valence-electron chi connectivity index (χ0n) is 12.9. The van der Waals surface area contributed by atoms with E-state index in [4.69, 9.17) is 4.74 Å². The molecule has 0 saturated heterocycles. The largest absolute Gasteiger partial charge is 0.453 e. The average molecular weight is 276 g/mol. The third-order valence-corrected chi connectivity index (χ3v) is 3.29. The van der Waals surface area contributed by atoms with E-state index in [0.29, 0.717) is 11.4 Å². The van der Waals surface area contributed by atoms with Gasteiger partial charge in [-0.15, -0.1) is 0 Å².